The van der Waals surface area contributed by atoms with Gasteiger partial charge in [0.15, 0.2) is 0 Å². The topological polar surface area (TPSA) is 20.5 Å². The second-order valence-corrected chi connectivity index (χ2v) is 17.6. The SMILES string of the molecule is CC1(C)c2ccccc2-c2c(N(c3cc(-c4ccccc4)cc(-c4ccccc4)c3)c3ccc4cc(-c5ccccc5)n5nc(-c6ccccc6)c(-c6ccccc6)c5c4c3)cccc21. The smallest absolute Gasteiger partial charge is 0.101 e. The summed E-state index contributed by atoms with van der Waals surface area (Å²) >= 11 is 0. The fourth-order valence-corrected chi connectivity index (χ4v) is 10.2. The molecule has 0 spiro atoms. The summed E-state index contributed by atoms with van der Waals surface area (Å²) in [7, 11) is 0. The fourth-order valence-electron chi connectivity index (χ4n) is 10.2. The quantitative estimate of drug-likeness (QED) is 0.152. The number of fused-ring (bicyclic) bond motifs is 6. The van der Waals surface area contributed by atoms with Crippen molar-refractivity contribution in [2.45, 2.75) is 19.3 Å². The molecule has 0 saturated heterocycles. The van der Waals surface area contributed by atoms with Crippen LogP contribution < -0.4 is 4.90 Å². The molecular weight excluding hydrogens is 787 g/mol. The molecule has 0 unspecified atom stereocenters. The minimum absolute atomic E-state index is 0.173. The average Bonchev–Trinajstić information content (AvgIpc) is 3.89. The van der Waals surface area contributed by atoms with Gasteiger partial charge in [-0.2, -0.15) is 5.10 Å². The van der Waals surface area contributed by atoms with Gasteiger partial charge in [-0.05, 0) is 92.4 Å². The van der Waals surface area contributed by atoms with Crippen molar-refractivity contribution < 1.29 is 0 Å². The third kappa shape index (κ3) is 6.47. The van der Waals surface area contributed by atoms with E-state index in [-0.39, 0.29) is 5.41 Å². The first kappa shape index (κ1) is 38.4. The van der Waals surface area contributed by atoms with Gasteiger partial charge in [-0.1, -0.05) is 208 Å². The van der Waals surface area contributed by atoms with E-state index < -0.39 is 0 Å². The van der Waals surface area contributed by atoms with Gasteiger partial charge in [0.05, 0.1) is 16.9 Å². The number of nitrogens with zero attached hydrogens (tertiary/aromatic N) is 3. The van der Waals surface area contributed by atoms with E-state index >= 15 is 0 Å². The van der Waals surface area contributed by atoms with Gasteiger partial charge in [0.25, 0.3) is 0 Å². The summed E-state index contributed by atoms with van der Waals surface area (Å²) in [5.41, 5.74) is 20.5. The first-order valence-corrected chi connectivity index (χ1v) is 22.5. The molecule has 0 N–H and O–H groups in total. The Bertz CT molecular complexity index is 3480. The molecule has 3 heteroatoms. The molecule has 0 atom stereocenters. The standard InChI is InChI=1S/C62H45N3/c1-62(2)54-32-19-18-31-52(54)59-55(62)33-20-34-56(59)64(51-38-48(42-21-8-3-9-22-42)37-49(39-51)43-23-10-4-11-24-43)50-36-35-47-40-57(44-25-12-5-13-26-44)65-61(53(47)41-50)58(45-27-14-6-15-28-45)60(63-65)46-29-16-7-17-30-46/h3-41H,1-2H3. The van der Waals surface area contributed by atoms with Gasteiger partial charge in [0, 0.05) is 44.4 Å². The van der Waals surface area contributed by atoms with Crippen LogP contribution in [0, 0.1) is 0 Å². The Labute approximate surface area is 380 Å². The van der Waals surface area contributed by atoms with Gasteiger partial charge < -0.3 is 4.90 Å². The van der Waals surface area contributed by atoms with E-state index in [1.165, 1.54) is 33.4 Å². The minimum Gasteiger partial charge on any atom is -0.310 e. The van der Waals surface area contributed by atoms with E-state index in [4.69, 9.17) is 5.10 Å². The molecule has 0 radical (unpaired) electrons. The van der Waals surface area contributed by atoms with Crippen LogP contribution in [0.15, 0.2) is 237 Å². The van der Waals surface area contributed by atoms with Crippen LogP contribution in [0.3, 0.4) is 0 Å². The Morgan fingerprint density at radius 2 is 0.938 bits per heavy atom. The van der Waals surface area contributed by atoms with Crippen molar-refractivity contribution in [3.63, 3.8) is 0 Å². The number of pyridine rings is 1. The zero-order valence-corrected chi connectivity index (χ0v) is 36.4. The van der Waals surface area contributed by atoms with Crippen LogP contribution in [-0.2, 0) is 5.41 Å². The van der Waals surface area contributed by atoms with Crippen molar-refractivity contribution in [1.82, 2.24) is 9.61 Å². The van der Waals surface area contributed by atoms with Crippen LogP contribution in [0.1, 0.15) is 25.0 Å². The average molecular weight is 832 g/mol. The Morgan fingerprint density at radius 3 is 1.57 bits per heavy atom. The molecule has 0 fully saturated rings. The van der Waals surface area contributed by atoms with E-state index in [0.29, 0.717) is 0 Å². The summed E-state index contributed by atoms with van der Waals surface area (Å²) in [6.45, 7) is 4.73. The lowest BCUT2D eigenvalue weighted by Gasteiger charge is -2.30. The monoisotopic (exact) mass is 831 g/mol. The van der Waals surface area contributed by atoms with Crippen molar-refractivity contribution in [3.05, 3.63) is 248 Å². The third-order valence-corrected chi connectivity index (χ3v) is 13.4. The lowest BCUT2D eigenvalue weighted by molar-refractivity contribution is 0.660. The summed E-state index contributed by atoms with van der Waals surface area (Å²) in [4.78, 5) is 2.51. The lowest BCUT2D eigenvalue weighted by atomic mass is 9.82. The molecule has 0 bridgehead atoms. The molecule has 0 saturated carbocycles. The van der Waals surface area contributed by atoms with Gasteiger partial charge in [-0.25, -0.2) is 4.52 Å². The summed E-state index contributed by atoms with van der Waals surface area (Å²) in [5.74, 6) is 0. The number of anilines is 3. The maximum absolute atomic E-state index is 5.56. The van der Waals surface area contributed by atoms with Crippen molar-refractivity contribution in [1.29, 1.82) is 0 Å². The van der Waals surface area contributed by atoms with Crippen LogP contribution >= 0.6 is 0 Å². The largest absolute Gasteiger partial charge is 0.310 e. The molecule has 12 rings (SSSR count). The van der Waals surface area contributed by atoms with E-state index in [9.17, 15) is 0 Å². The molecule has 2 aromatic heterocycles. The predicted molar refractivity (Wildman–Crippen MR) is 272 cm³/mol. The van der Waals surface area contributed by atoms with E-state index in [1.807, 2.05) is 0 Å². The summed E-state index contributed by atoms with van der Waals surface area (Å²) in [6.07, 6.45) is 0. The highest BCUT2D eigenvalue weighted by atomic mass is 15.2. The molecule has 1 aliphatic rings. The highest BCUT2D eigenvalue weighted by molar-refractivity contribution is 6.10. The Hall–Kier alpha value is -8.27. The number of rotatable bonds is 8. The summed E-state index contributed by atoms with van der Waals surface area (Å²) in [6, 6.07) is 85.9. The first-order valence-electron chi connectivity index (χ1n) is 22.5. The highest BCUT2D eigenvalue weighted by Crippen LogP contribution is 2.55. The molecule has 65 heavy (non-hydrogen) atoms. The lowest BCUT2D eigenvalue weighted by Crippen LogP contribution is -2.16. The summed E-state index contributed by atoms with van der Waals surface area (Å²) < 4.78 is 2.19. The molecule has 0 aliphatic heterocycles. The second-order valence-electron chi connectivity index (χ2n) is 17.6. The van der Waals surface area contributed by atoms with E-state index in [0.717, 1.165) is 78.1 Å². The highest BCUT2D eigenvalue weighted by Gasteiger charge is 2.38. The third-order valence-electron chi connectivity index (χ3n) is 13.4. The van der Waals surface area contributed by atoms with Crippen LogP contribution in [0.4, 0.5) is 17.1 Å². The second kappa shape index (κ2) is 15.5. The van der Waals surface area contributed by atoms with Gasteiger partial charge in [0.2, 0.25) is 0 Å². The number of aromatic nitrogens is 2. The first-order chi connectivity index (χ1) is 32.0. The van der Waals surface area contributed by atoms with Crippen LogP contribution in [-0.4, -0.2) is 9.61 Å². The number of hydrogen-bond donors (Lipinski definition) is 0. The number of hydrogen-bond acceptors (Lipinski definition) is 2. The zero-order chi connectivity index (χ0) is 43.5. The molecule has 3 nitrogen and oxygen atoms in total. The summed E-state index contributed by atoms with van der Waals surface area (Å²) in [5, 5.41) is 7.82. The maximum Gasteiger partial charge on any atom is 0.101 e. The maximum atomic E-state index is 5.56. The fraction of sp³-hybridized carbons (Fsp3) is 0.0484. The van der Waals surface area contributed by atoms with Gasteiger partial charge in [-0.3, -0.25) is 0 Å². The van der Waals surface area contributed by atoms with Crippen molar-refractivity contribution >= 4 is 33.4 Å². The van der Waals surface area contributed by atoms with Gasteiger partial charge in [0.1, 0.15) is 5.69 Å². The Kier molecular flexibility index (Phi) is 9.17. The molecule has 1 aliphatic carbocycles. The molecule has 2 heterocycles. The molecule has 11 aromatic rings. The normalized spacial score (nSPS) is 12.6. The Balaban J connectivity index is 1.20. The number of benzene rings is 9. The Morgan fingerprint density at radius 1 is 0.400 bits per heavy atom. The van der Waals surface area contributed by atoms with E-state index in [1.54, 1.807) is 0 Å². The molecule has 0 amide bonds. The molecule has 9 aromatic carbocycles. The van der Waals surface area contributed by atoms with Crippen LogP contribution in [0.25, 0.3) is 83.3 Å². The van der Waals surface area contributed by atoms with E-state index in [2.05, 4.69) is 260 Å². The minimum atomic E-state index is -0.173. The van der Waals surface area contributed by atoms with Crippen molar-refractivity contribution in [2.75, 3.05) is 4.90 Å². The molecular formula is C62H45N3. The van der Waals surface area contributed by atoms with Gasteiger partial charge in [-0.15, -0.1) is 0 Å². The van der Waals surface area contributed by atoms with Gasteiger partial charge >= 0.3 is 0 Å². The van der Waals surface area contributed by atoms with Crippen molar-refractivity contribution in [3.8, 4) is 67.0 Å². The zero-order valence-electron chi connectivity index (χ0n) is 36.4. The van der Waals surface area contributed by atoms with Crippen LogP contribution in [0.2, 0.25) is 0 Å². The molecule has 308 valence electrons. The van der Waals surface area contributed by atoms with Crippen LogP contribution in [0.5, 0.6) is 0 Å². The van der Waals surface area contributed by atoms with Crippen molar-refractivity contribution in [2.24, 2.45) is 0 Å². The predicted octanol–water partition coefficient (Wildman–Crippen LogP) is 16.6.